The molecule has 0 aliphatic carbocycles. The number of carbonyl (C=O) groups is 1. The SMILES string of the molecule is O=C(O)Cc1cc(F)c(-c2ccccc2F)cc1F. The van der Waals surface area contributed by atoms with Gasteiger partial charge in [-0.15, -0.1) is 0 Å². The number of aliphatic carboxylic acids is 1. The Morgan fingerprint density at radius 2 is 1.63 bits per heavy atom. The van der Waals surface area contributed by atoms with Gasteiger partial charge in [-0.3, -0.25) is 4.79 Å². The van der Waals surface area contributed by atoms with E-state index >= 15 is 0 Å². The zero-order chi connectivity index (χ0) is 14.0. The van der Waals surface area contributed by atoms with Gasteiger partial charge in [-0.1, -0.05) is 18.2 Å². The molecule has 0 spiro atoms. The van der Waals surface area contributed by atoms with Crippen LogP contribution in [0.2, 0.25) is 0 Å². The van der Waals surface area contributed by atoms with Crippen molar-refractivity contribution in [3.05, 3.63) is 59.4 Å². The largest absolute Gasteiger partial charge is 0.481 e. The van der Waals surface area contributed by atoms with Crippen molar-refractivity contribution in [2.45, 2.75) is 6.42 Å². The minimum absolute atomic E-state index is 0.0687. The maximum Gasteiger partial charge on any atom is 0.307 e. The Kier molecular flexibility index (Phi) is 3.55. The lowest BCUT2D eigenvalue weighted by atomic mass is 10.0. The highest BCUT2D eigenvalue weighted by molar-refractivity contribution is 5.71. The van der Waals surface area contributed by atoms with Crippen LogP contribution in [0.1, 0.15) is 5.56 Å². The van der Waals surface area contributed by atoms with Crippen molar-refractivity contribution in [3.63, 3.8) is 0 Å². The van der Waals surface area contributed by atoms with Gasteiger partial charge in [-0.05, 0) is 18.2 Å². The van der Waals surface area contributed by atoms with Gasteiger partial charge in [0.25, 0.3) is 0 Å². The molecule has 0 bridgehead atoms. The first-order valence-electron chi connectivity index (χ1n) is 5.43. The summed E-state index contributed by atoms with van der Waals surface area (Å²) in [5.41, 5.74) is -0.574. The number of carboxylic acids is 1. The molecule has 2 nitrogen and oxygen atoms in total. The third-order valence-electron chi connectivity index (χ3n) is 2.64. The third-order valence-corrected chi connectivity index (χ3v) is 2.64. The highest BCUT2D eigenvalue weighted by Gasteiger charge is 2.15. The minimum atomic E-state index is -1.27. The minimum Gasteiger partial charge on any atom is -0.481 e. The van der Waals surface area contributed by atoms with Gasteiger partial charge in [-0.25, -0.2) is 13.2 Å². The standard InChI is InChI=1S/C14H9F3O2/c15-11-4-2-1-3-9(11)10-7-12(16)8(5-13(10)17)6-14(18)19/h1-5,7H,6H2,(H,18,19). The van der Waals surface area contributed by atoms with Crippen LogP contribution < -0.4 is 0 Å². The molecule has 0 amide bonds. The maximum absolute atomic E-state index is 13.8. The van der Waals surface area contributed by atoms with Crippen LogP contribution in [0.25, 0.3) is 11.1 Å². The Morgan fingerprint density at radius 3 is 2.26 bits per heavy atom. The molecular weight excluding hydrogens is 257 g/mol. The predicted molar refractivity (Wildman–Crippen MR) is 63.1 cm³/mol. The molecular formula is C14H9F3O2. The fraction of sp³-hybridized carbons (Fsp3) is 0.0714. The van der Waals surface area contributed by atoms with Crippen LogP contribution in [0.4, 0.5) is 13.2 Å². The van der Waals surface area contributed by atoms with Crippen molar-refractivity contribution >= 4 is 5.97 Å². The number of rotatable bonds is 3. The molecule has 5 heteroatoms. The molecule has 0 unspecified atom stereocenters. The second kappa shape index (κ2) is 5.14. The first kappa shape index (κ1) is 13.1. The molecule has 2 aromatic rings. The molecule has 0 heterocycles. The maximum atomic E-state index is 13.8. The molecule has 2 rings (SSSR count). The normalized spacial score (nSPS) is 10.5. The van der Waals surface area contributed by atoms with Crippen molar-refractivity contribution in [3.8, 4) is 11.1 Å². The van der Waals surface area contributed by atoms with Crippen molar-refractivity contribution in [2.24, 2.45) is 0 Å². The van der Waals surface area contributed by atoms with E-state index < -0.39 is 29.8 Å². The van der Waals surface area contributed by atoms with Crippen molar-refractivity contribution in [1.29, 1.82) is 0 Å². The van der Waals surface area contributed by atoms with E-state index in [0.717, 1.165) is 18.2 Å². The van der Waals surface area contributed by atoms with E-state index in [9.17, 15) is 18.0 Å². The van der Waals surface area contributed by atoms with E-state index in [1.807, 2.05) is 0 Å². The lowest BCUT2D eigenvalue weighted by Gasteiger charge is -2.08. The van der Waals surface area contributed by atoms with Crippen LogP contribution in [0.3, 0.4) is 0 Å². The predicted octanol–water partition coefficient (Wildman–Crippen LogP) is 3.40. The van der Waals surface area contributed by atoms with E-state index in [-0.39, 0.29) is 16.7 Å². The van der Waals surface area contributed by atoms with Gasteiger partial charge in [0, 0.05) is 16.7 Å². The van der Waals surface area contributed by atoms with Gasteiger partial charge in [-0.2, -0.15) is 0 Å². The van der Waals surface area contributed by atoms with E-state index in [0.29, 0.717) is 0 Å². The highest BCUT2D eigenvalue weighted by atomic mass is 19.1. The zero-order valence-electron chi connectivity index (χ0n) is 9.66. The summed E-state index contributed by atoms with van der Waals surface area (Å²) in [6, 6.07) is 6.99. The molecule has 2 aromatic carbocycles. The smallest absolute Gasteiger partial charge is 0.307 e. The monoisotopic (exact) mass is 266 g/mol. The number of benzene rings is 2. The van der Waals surface area contributed by atoms with Crippen LogP contribution in [-0.2, 0) is 11.2 Å². The average Bonchev–Trinajstić information content (AvgIpc) is 2.34. The molecule has 0 atom stereocenters. The second-order valence-electron chi connectivity index (χ2n) is 3.97. The van der Waals surface area contributed by atoms with Crippen LogP contribution >= 0.6 is 0 Å². The highest BCUT2D eigenvalue weighted by Crippen LogP contribution is 2.27. The van der Waals surface area contributed by atoms with Crippen molar-refractivity contribution in [1.82, 2.24) is 0 Å². The molecule has 0 aliphatic heterocycles. The second-order valence-corrected chi connectivity index (χ2v) is 3.97. The molecule has 0 aliphatic rings. The molecule has 98 valence electrons. The molecule has 0 aromatic heterocycles. The lowest BCUT2D eigenvalue weighted by molar-refractivity contribution is -0.136. The summed E-state index contributed by atoms with van der Waals surface area (Å²) in [6.07, 6.45) is -0.625. The lowest BCUT2D eigenvalue weighted by Crippen LogP contribution is -2.04. The fourth-order valence-corrected chi connectivity index (χ4v) is 1.77. The first-order chi connectivity index (χ1) is 8.99. The average molecular weight is 266 g/mol. The van der Waals surface area contributed by atoms with E-state index in [4.69, 9.17) is 5.11 Å². The number of hydrogen-bond acceptors (Lipinski definition) is 1. The fourth-order valence-electron chi connectivity index (χ4n) is 1.77. The summed E-state index contributed by atoms with van der Waals surface area (Å²) in [5.74, 6) is -3.67. The Bertz CT molecular complexity index is 639. The number of halogens is 3. The van der Waals surface area contributed by atoms with Gasteiger partial charge in [0.2, 0.25) is 0 Å². The van der Waals surface area contributed by atoms with Crippen molar-refractivity contribution in [2.75, 3.05) is 0 Å². The topological polar surface area (TPSA) is 37.3 Å². The van der Waals surface area contributed by atoms with Crippen molar-refractivity contribution < 1.29 is 23.1 Å². The van der Waals surface area contributed by atoms with Gasteiger partial charge in [0.15, 0.2) is 0 Å². The molecule has 19 heavy (non-hydrogen) atoms. The molecule has 0 fully saturated rings. The number of hydrogen-bond donors (Lipinski definition) is 1. The first-order valence-corrected chi connectivity index (χ1v) is 5.43. The summed E-state index contributed by atoms with van der Waals surface area (Å²) >= 11 is 0. The van der Waals surface area contributed by atoms with Gasteiger partial charge >= 0.3 is 5.97 Å². The van der Waals surface area contributed by atoms with Crippen LogP contribution in [-0.4, -0.2) is 11.1 Å². The Balaban J connectivity index is 2.52. The zero-order valence-corrected chi connectivity index (χ0v) is 9.66. The summed E-state index contributed by atoms with van der Waals surface area (Å²) in [5, 5.41) is 8.56. The summed E-state index contributed by atoms with van der Waals surface area (Å²) in [7, 11) is 0. The van der Waals surface area contributed by atoms with E-state index in [1.165, 1.54) is 18.2 Å². The number of carboxylic acid groups (broad SMARTS) is 1. The quantitative estimate of drug-likeness (QED) is 0.924. The Morgan fingerprint density at radius 1 is 0.947 bits per heavy atom. The summed E-state index contributed by atoms with van der Waals surface area (Å²) in [4.78, 5) is 10.5. The summed E-state index contributed by atoms with van der Waals surface area (Å²) in [6.45, 7) is 0. The van der Waals surface area contributed by atoms with E-state index in [2.05, 4.69) is 0 Å². The Hall–Kier alpha value is -2.30. The van der Waals surface area contributed by atoms with Gasteiger partial charge in [0.05, 0.1) is 6.42 Å². The van der Waals surface area contributed by atoms with Gasteiger partial charge in [0.1, 0.15) is 17.5 Å². The van der Waals surface area contributed by atoms with Crippen LogP contribution in [0, 0.1) is 17.5 Å². The Labute approximate surface area is 107 Å². The van der Waals surface area contributed by atoms with Crippen LogP contribution in [0.15, 0.2) is 36.4 Å². The third kappa shape index (κ3) is 2.76. The molecule has 0 radical (unpaired) electrons. The van der Waals surface area contributed by atoms with Gasteiger partial charge < -0.3 is 5.11 Å². The molecule has 0 saturated heterocycles. The molecule has 0 saturated carbocycles. The molecule has 1 N–H and O–H groups in total. The summed E-state index contributed by atoms with van der Waals surface area (Å²) < 4.78 is 41.0. The van der Waals surface area contributed by atoms with Crippen LogP contribution in [0.5, 0.6) is 0 Å². The van der Waals surface area contributed by atoms with E-state index in [1.54, 1.807) is 0 Å².